The van der Waals surface area contributed by atoms with Gasteiger partial charge >= 0.3 is 0 Å². The van der Waals surface area contributed by atoms with Crippen molar-refractivity contribution in [2.45, 2.75) is 31.0 Å². The van der Waals surface area contributed by atoms with Crippen molar-refractivity contribution in [3.63, 3.8) is 0 Å². The van der Waals surface area contributed by atoms with Crippen LogP contribution in [0.2, 0.25) is 0 Å². The summed E-state index contributed by atoms with van der Waals surface area (Å²) < 4.78 is 17.2. The number of amides is 1. The maximum atomic E-state index is 12.4. The van der Waals surface area contributed by atoms with Crippen LogP contribution in [0.5, 0.6) is 5.88 Å². The van der Waals surface area contributed by atoms with E-state index in [1.54, 1.807) is 18.6 Å². The minimum absolute atomic E-state index is 0.0302. The minimum atomic E-state index is -0.250. The number of hydrogen-bond acceptors (Lipinski definition) is 6. The van der Waals surface area contributed by atoms with Gasteiger partial charge in [0.25, 0.3) is 0 Å². The van der Waals surface area contributed by atoms with Crippen molar-refractivity contribution < 1.29 is 19.0 Å². The summed E-state index contributed by atoms with van der Waals surface area (Å²) in [5, 5.41) is 0. The number of carbonyl (C=O) groups excluding carboxylic acids is 1. The molecule has 4 heterocycles. The van der Waals surface area contributed by atoms with Crippen LogP contribution in [0.1, 0.15) is 19.3 Å². The van der Waals surface area contributed by atoms with Crippen molar-refractivity contribution in [1.29, 1.82) is 0 Å². The Kier molecular flexibility index (Phi) is 3.90. The van der Waals surface area contributed by atoms with Crippen LogP contribution in [0.25, 0.3) is 0 Å². The van der Waals surface area contributed by atoms with Crippen molar-refractivity contribution in [3.8, 4) is 5.88 Å². The number of likely N-dealkylation sites (tertiary alicyclic amines) is 1. The van der Waals surface area contributed by atoms with Crippen molar-refractivity contribution in [3.05, 3.63) is 18.6 Å². The molecule has 23 heavy (non-hydrogen) atoms. The molecule has 0 radical (unpaired) electrons. The second kappa shape index (κ2) is 6.05. The Hall–Kier alpha value is -1.73. The lowest BCUT2D eigenvalue weighted by Gasteiger charge is -2.53. The lowest BCUT2D eigenvalue weighted by atomic mass is 9.84. The van der Waals surface area contributed by atoms with Crippen molar-refractivity contribution >= 4 is 5.91 Å². The average Bonchev–Trinajstić information content (AvgIpc) is 3.07. The fraction of sp³-hybridized carbons (Fsp3) is 0.688. The highest BCUT2D eigenvalue weighted by Gasteiger charge is 2.51. The first-order valence-electron chi connectivity index (χ1n) is 8.17. The normalized spacial score (nSPS) is 29.3. The van der Waals surface area contributed by atoms with Gasteiger partial charge in [0.15, 0.2) is 0 Å². The third-order valence-electron chi connectivity index (χ3n) is 4.82. The Morgan fingerprint density at radius 1 is 1.30 bits per heavy atom. The van der Waals surface area contributed by atoms with E-state index in [0.717, 1.165) is 19.3 Å². The number of rotatable bonds is 3. The highest BCUT2D eigenvalue weighted by Crippen LogP contribution is 2.36. The molecule has 0 aromatic carbocycles. The first kappa shape index (κ1) is 14.8. The molecule has 3 aliphatic heterocycles. The van der Waals surface area contributed by atoms with E-state index >= 15 is 0 Å². The zero-order valence-electron chi connectivity index (χ0n) is 13.0. The van der Waals surface area contributed by atoms with Crippen molar-refractivity contribution in [2.75, 3.05) is 32.9 Å². The van der Waals surface area contributed by atoms with Gasteiger partial charge in [-0.1, -0.05) is 0 Å². The third kappa shape index (κ3) is 3.03. The van der Waals surface area contributed by atoms with Gasteiger partial charge in [-0.15, -0.1) is 0 Å². The molecule has 3 saturated heterocycles. The zero-order chi connectivity index (χ0) is 15.7. The molecule has 0 bridgehead atoms. The summed E-state index contributed by atoms with van der Waals surface area (Å²) in [6.07, 6.45) is 7.39. The highest BCUT2D eigenvalue weighted by molar-refractivity contribution is 5.80. The van der Waals surface area contributed by atoms with E-state index in [0.29, 0.717) is 38.8 Å². The summed E-state index contributed by atoms with van der Waals surface area (Å²) in [6, 6.07) is 0. The van der Waals surface area contributed by atoms with Gasteiger partial charge in [0.2, 0.25) is 11.8 Å². The van der Waals surface area contributed by atoms with E-state index in [1.165, 1.54) is 0 Å². The van der Waals surface area contributed by atoms with Crippen LogP contribution in [0.15, 0.2) is 18.6 Å². The topological polar surface area (TPSA) is 73.8 Å². The summed E-state index contributed by atoms with van der Waals surface area (Å²) in [5.74, 6) is 0.779. The maximum Gasteiger partial charge on any atom is 0.232 e. The second-order valence-electron chi connectivity index (χ2n) is 6.56. The molecule has 7 nitrogen and oxygen atoms in total. The van der Waals surface area contributed by atoms with Gasteiger partial charge in [-0.3, -0.25) is 9.78 Å². The SMILES string of the molecule is O=C([C@@H]1CCOC1)N1CC2(C[C@H](Oc3cnccn3)CCO2)C1. The van der Waals surface area contributed by atoms with E-state index in [9.17, 15) is 4.79 Å². The standard InChI is InChI=1S/C16H21N3O4/c20-15(12-1-5-21-9-12)19-10-16(11-19)7-13(2-6-22-16)23-14-8-17-3-4-18-14/h3-4,8,12-13H,1-2,5-7,9-11H2/t12-,13-/m1/s1. The molecule has 4 rings (SSSR count). The predicted molar refractivity (Wildman–Crippen MR) is 79.9 cm³/mol. The van der Waals surface area contributed by atoms with Crippen LogP contribution in [0.3, 0.4) is 0 Å². The van der Waals surface area contributed by atoms with Crippen molar-refractivity contribution in [2.24, 2.45) is 5.92 Å². The summed E-state index contributed by atoms with van der Waals surface area (Å²) in [7, 11) is 0. The predicted octanol–water partition coefficient (Wildman–Crippen LogP) is 0.652. The molecule has 2 atom stereocenters. The van der Waals surface area contributed by atoms with E-state index in [2.05, 4.69) is 9.97 Å². The van der Waals surface area contributed by atoms with Gasteiger partial charge in [-0.2, -0.15) is 0 Å². The van der Waals surface area contributed by atoms with Crippen LogP contribution in [-0.4, -0.2) is 65.4 Å². The second-order valence-corrected chi connectivity index (χ2v) is 6.56. The van der Waals surface area contributed by atoms with E-state index in [4.69, 9.17) is 14.2 Å². The third-order valence-corrected chi connectivity index (χ3v) is 4.82. The number of nitrogens with zero attached hydrogens (tertiary/aromatic N) is 3. The van der Waals surface area contributed by atoms with Gasteiger partial charge < -0.3 is 19.1 Å². The Morgan fingerprint density at radius 2 is 2.22 bits per heavy atom. The van der Waals surface area contributed by atoms with Gasteiger partial charge in [-0.25, -0.2) is 4.98 Å². The first-order chi connectivity index (χ1) is 11.2. The number of carbonyl (C=O) groups is 1. The van der Waals surface area contributed by atoms with E-state index in [-0.39, 0.29) is 23.5 Å². The summed E-state index contributed by atoms with van der Waals surface area (Å²) >= 11 is 0. The molecule has 1 aromatic heterocycles. The molecule has 1 spiro atoms. The molecule has 0 unspecified atom stereocenters. The number of ether oxygens (including phenoxy) is 3. The summed E-state index contributed by atoms with van der Waals surface area (Å²) in [6.45, 7) is 3.21. The zero-order valence-corrected chi connectivity index (χ0v) is 13.0. The lowest BCUT2D eigenvalue weighted by Crippen LogP contribution is -2.68. The Bertz CT molecular complexity index is 556. The van der Waals surface area contributed by atoms with Gasteiger partial charge in [0, 0.05) is 31.8 Å². The Labute approximate surface area is 134 Å². The largest absolute Gasteiger partial charge is 0.473 e. The Balaban J connectivity index is 1.32. The molecule has 0 saturated carbocycles. The van der Waals surface area contributed by atoms with Gasteiger partial charge in [0.05, 0.1) is 38.4 Å². The first-order valence-corrected chi connectivity index (χ1v) is 8.17. The van der Waals surface area contributed by atoms with Gasteiger partial charge in [0.1, 0.15) is 11.7 Å². The van der Waals surface area contributed by atoms with Crippen LogP contribution < -0.4 is 4.74 Å². The maximum absolute atomic E-state index is 12.4. The molecule has 0 aliphatic carbocycles. The minimum Gasteiger partial charge on any atom is -0.473 e. The lowest BCUT2D eigenvalue weighted by molar-refractivity contribution is -0.195. The molecular formula is C16H21N3O4. The average molecular weight is 319 g/mol. The molecule has 1 aromatic rings. The van der Waals surface area contributed by atoms with Gasteiger partial charge in [-0.05, 0) is 6.42 Å². The molecule has 3 aliphatic rings. The fourth-order valence-electron chi connectivity index (χ4n) is 3.61. The number of hydrogen-bond donors (Lipinski definition) is 0. The van der Waals surface area contributed by atoms with Crippen molar-refractivity contribution in [1.82, 2.24) is 14.9 Å². The van der Waals surface area contributed by atoms with Crippen LogP contribution in [0, 0.1) is 5.92 Å². The summed E-state index contributed by atoms with van der Waals surface area (Å²) in [5.41, 5.74) is -0.250. The molecule has 124 valence electrons. The fourth-order valence-corrected chi connectivity index (χ4v) is 3.61. The molecule has 3 fully saturated rings. The van der Waals surface area contributed by atoms with Crippen LogP contribution in [-0.2, 0) is 14.3 Å². The quantitative estimate of drug-likeness (QED) is 0.814. The van der Waals surface area contributed by atoms with Crippen LogP contribution >= 0.6 is 0 Å². The molecule has 7 heteroatoms. The molecular weight excluding hydrogens is 298 g/mol. The number of aromatic nitrogens is 2. The van der Waals surface area contributed by atoms with Crippen LogP contribution in [0.4, 0.5) is 0 Å². The monoisotopic (exact) mass is 319 g/mol. The highest BCUT2D eigenvalue weighted by atomic mass is 16.5. The van der Waals surface area contributed by atoms with E-state index < -0.39 is 0 Å². The smallest absolute Gasteiger partial charge is 0.232 e. The van der Waals surface area contributed by atoms with E-state index in [1.807, 2.05) is 4.90 Å². The molecule has 0 N–H and O–H groups in total. The Morgan fingerprint density at radius 3 is 2.96 bits per heavy atom. The summed E-state index contributed by atoms with van der Waals surface area (Å²) in [4.78, 5) is 22.4. The molecule has 1 amide bonds.